The third-order valence-corrected chi connectivity index (χ3v) is 3.78. The van der Waals surface area contributed by atoms with E-state index in [2.05, 4.69) is 0 Å². The summed E-state index contributed by atoms with van der Waals surface area (Å²) in [5.74, 6) is -0.204. The largest absolute Gasteiger partial charge is 0.493 e. The van der Waals surface area contributed by atoms with Crippen LogP contribution in [-0.2, 0) is 0 Å². The summed E-state index contributed by atoms with van der Waals surface area (Å²) in [7, 11) is 1.45. The standard InChI is InChI=1S/C18H13NO6/c1-10(20)16-9-14-13(6-7-15(24-2)18(14)25-16)17(21)11-4-3-5-12(8-11)19(22)23/h3-9H,1-2H3. The number of nitro benzene ring substituents is 1. The molecule has 126 valence electrons. The van der Waals surface area contributed by atoms with Crippen molar-refractivity contribution < 1.29 is 23.7 Å². The molecule has 0 radical (unpaired) electrons. The van der Waals surface area contributed by atoms with E-state index in [0.29, 0.717) is 11.1 Å². The Labute approximate surface area is 142 Å². The van der Waals surface area contributed by atoms with Crippen molar-refractivity contribution in [2.75, 3.05) is 7.11 Å². The lowest BCUT2D eigenvalue weighted by atomic mass is 9.99. The number of furan rings is 1. The SMILES string of the molecule is COc1ccc(C(=O)c2cccc([N+](=O)[O-])c2)c2cc(C(C)=O)oc12. The van der Waals surface area contributed by atoms with Crippen molar-refractivity contribution in [1.82, 2.24) is 0 Å². The van der Waals surface area contributed by atoms with Gasteiger partial charge in [0.15, 0.2) is 28.7 Å². The van der Waals surface area contributed by atoms with Gasteiger partial charge < -0.3 is 9.15 Å². The number of Topliss-reactive ketones (excluding diaryl/α,β-unsaturated/α-hetero) is 1. The van der Waals surface area contributed by atoms with Crippen molar-refractivity contribution in [3.63, 3.8) is 0 Å². The van der Waals surface area contributed by atoms with E-state index in [1.165, 1.54) is 44.4 Å². The molecule has 3 aromatic rings. The second kappa shape index (κ2) is 6.20. The number of non-ortho nitro benzene ring substituents is 1. The average molecular weight is 339 g/mol. The van der Waals surface area contributed by atoms with Crippen molar-refractivity contribution in [3.8, 4) is 5.75 Å². The number of ether oxygens (including phenoxy) is 1. The Balaban J connectivity index is 2.18. The molecule has 7 heteroatoms. The van der Waals surface area contributed by atoms with Gasteiger partial charge in [-0.05, 0) is 18.2 Å². The Morgan fingerprint density at radius 2 is 1.92 bits per heavy atom. The lowest BCUT2D eigenvalue weighted by molar-refractivity contribution is -0.384. The van der Waals surface area contributed by atoms with Gasteiger partial charge in [-0.3, -0.25) is 19.7 Å². The Bertz CT molecular complexity index is 1020. The molecule has 0 amide bonds. The fourth-order valence-electron chi connectivity index (χ4n) is 2.55. The highest BCUT2D eigenvalue weighted by molar-refractivity contribution is 6.17. The van der Waals surface area contributed by atoms with Crippen LogP contribution in [0.5, 0.6) is 5.75 Å². The van der Waals surface area contributed by atoms with Gasteiger partial charge in [-0.1, -0.05) is 12.1 Å². The molecule has 0 spiro atoms. The molecule has 3 rings (SSSR count). The second-order valence-corrected chi connectivity index (χ2v) is 5.36. The number of benzene rings is 2. The maximum Gasteiger partial charge on any atom is 0.270 e. The maximum atomic E-state index is 12.8. The fourth-order valence-corrected chi connectivity index (χ4v) is 2.55. The lowest BCUT2D eigenvalue weighted by Crippen LogP contribution is -2.03. The monoisotopic (exact) mass is 339 g/mol. The minimum absolute atomic E-state index is 0.104. The number of methoxy groups -OCH3 is 1. The minimum Gasteiger partial charge on any atom is -0.493 e. The first-order valence-electron chi connectivity index (χ1n) is 7.33. The zero-order chi connectivity index (χ0) is 18.1. The molecule has 1 heterocycles. The van der Waals surface area contributed by atoms with E-state index in [-0.39, 0.29) is 33.9 Å². The lowest BCUT2D eigenvalue weighted by Gasteiger charge is -2.05. The minimum atomic E-state index is -0.563. The first kappa shape index (κ1) is 16.4. The molecule has 0 N–H and O–H groups in total. The van der Waals surface area contributed by atoms with E-state index in [4.69, 9.17) is 9.15 Å². The van der Waals surface area contributed by atoms with Crippen LogP contribution in [0.15, 0.2) is 46.9 Å². The molecule has 0 atom stereocenters. The molecule has 0 aliphatic carbocycles. The molecule has 0 saturated carbocycles. The van der Waals surface area contributed by atoms with Crippen molar-refractivity contribution in [2.24, 2.45) is 0 Å². The molecular weight excluding hydrogens is 326 g/mol. The van der Waals surface area contributed by atoms with E-state index in [1.807, 2.05) is 0 Å². The van der Waals surface area contributed by atoms with Crippen molar-refractivity contribution in [1.29, 1.82) is 0 Å². The summed E-state index contributed by atoms with van der Waals surface area (Å²) in [5, 5.41) is 11.3. The van der Waals surface area contributed by atoms with Gasteiger partial charge in [-0.15, -0.1) is 0 Å². The molecule has 0 bridgehead atoms. The van der Waals surface area contributed by atoms with Gasteiger partial charge in [0, 0.05) is 35.6 Å². The van der Waals surface area contributed by atoms with E-state index < -0.39 is 10.7 Å². The summed E-state index contributed by atoms with van der Waals surface area (Å²) in [6, 6.07) is 10.0. The van der Waals surface area contributed by atoms with E-state index in [1.54, 1.807) is 12.1 Å². The van der Waals surface area contributed by atoms with Crippen molar-refractivity contribution in [2.45, 2.75) is 6.92 Å². The molecule has 2 aromatic carbocycles. The van der Waals surface area contributed by atoms with Gasteiger partial charge >= 0.3 is 0 Å². The van der Waals surface area contributed by atoms with Crippen LogP contribution in [0.25, 0.3) is 11.0 Å². The van der Waals surface area contributed by atoms with Gasteiger partial charge in [0.25, 0.3) is 5.69 Å². The number of fused-ring (bicyclic) bond motifs is 1. The third kappa shape index (κ3) is 2.87. The summed E-state index contributed by atoms with van der Waals surface area (Å²) in [5.41, 5.74) is 0.551. The number of nitrogens with zero attached hydrogens (tertiary/aromatic N) is 1. The predicted molar refractivity (Wildman–Crippen MR) is 89.3 cm³/mol. The summed E-state index contributed by atoms with van der Waals surface area (Å²) in [6.07, 6.45) is 0. The van der Waals surface area contributed by atoms with Crippen molar-refractivity contribution in [3.05, 3.63) is 69.5 Å². The van der Waals surface area contributed by atoms with Gasteiger partial charge in [0.05, 0.1) is 12.0 Å². The van der Waals surface area contributed by atoms with Gasteiger partial charge in [0.2, 0.25) is 0 Å². The Hall–Kier alpha value is -3.48. The molecular formula is C18H13NO6. The number of hydrogen-bond donors (Lipinski definition) is 0. The number of carbonyl (C=O) groups excluding carboxylic acids is 2. The van der Waals surface area contributed by atoms with Crippen LogP contribution in [0.3, 0.4) is 0 Å². The summed E-state index contributed by atoms with van der Waals surface area (Å²) < 4.78 is 10.7. The van der Waals surface area contributed by atoms with Gasteiger partial charge in [-0.25, -0.2) is 0 Å². The quantitative estimate of drug-likeness (QED) is 0.398. The molecule has 0 saturated heterocycles. The third-order valence-electron chi connectivity index (χ3n) is 3.78. The summed E-state index contributed by atoms with van der Waals surface area (Å²) >= 11 is 0. The van der Waals surface area contributed by atoms with Crippen molar-refractivity contribution >= 4 is 28.2 Å². The Morgan fingerprint density at radius 3 is 2.56 bits per heavy atom. The van der Waals surface area contributed by atoms with Crippen LogP contribution in [0, 0.1) is 10.1 Å². The number of ketones is 2. The molecule has 0 unspecified atom stereocenters. The van der Waals surface area contributed by atoms with E-state index in [9.17, 15) is 19.7 Å². The molecule has 25 heavy (non-hydrogen) atoms. The zero-order valence-corrected chi connectivity index (χ0v) is 13.4. The molecule has 0 aliphatic rings. The van der Waals surface area contributed by atoms with Crippen LogP contribution in [0.2, 0.25) is 0 Å². The molecule has 0 fully saturated rings. The maximum absolute atomic E-state index is 12.8. The number of rotatable bonds is 5. The van der Waals surface area contributed by atoms with Crippen LogP contribution >= 0.6 is 0 Å². The number of nitro groups is 1. The Kier molecular flexibility index (Phi) is 4.06. The fraction of sp³-hybridized carbons (Fsp3) is 0.111. The summed E-state index contributed by atoms with van der Waals surface area (Å²) in [6.45, 7) is 1.35. The highest BCUT2D eigenvalue weighted by Crippen LogP contribution is 2.33. The van der Waals surface area contributed by atoms with Crippen LogP contribution in [0.4, 0.5) is 5.69 Å². The average Bonchev–Trinajstić information content (AvgIpc) is 3.06. The van der Waals surface area contributed by atoms with Crippen LogP contribution in [0.1, 0.15) is 33.4 Å². The van der Waals surface area contributed by atoms with Gasteiger partial charge in [-0.2, -0.15) is 0 Å². The molecule has 7 nitrogen and oxygen atoms in total. The van der Waals surface area contributed by atoms with E-state index in [0.717, 1.165) is 0 Å². The van der Waals surface area contributed by atoms with Gasteiger partial charge in [0.1, 0.15) is 0 Å². The first-order chi connectivity index (χ1) is 11.9. The zero-order valence-electron chi connectivity index (χ0n) is 13.4. The normalized spacial score (nSPS) is 10.6. The second-order valence-electron chi connectivity index (χ2n) is 5.36. The number of hydrogen-bond acceptors (Lipinski definition) is 6. The van der Waals surface area contributed by atoms with E-state index >= 15 is 0 Å². The highest BCUT2D eigenvalue weighted by atomic mass is 16.6. The smallest absolute Gasteiger partial charge is 0.270 e. The number of carbonyl (C=O) groups is 2. The van der Waals surface area contributed by atoms with Crippen LogP contribution < -0.4 is 4.74 Å². The molecule has 1 aromatic heterocycles. The Morgan fingerprint density at radius 1 is 1.16 bits per heavy atom. The topological polar surface area (TPSA) is 99.6 Å². The summed E-state index contributed by atoms with van der Waals surface area (Å²) in [4.78, 5) is 34.8. The first-order valence-corrected chi connectivity index (χ1v) is 7.33. The predicted octanol–water partition coefficient (Wildman–Crippen LogP) is 3.78. The molecule has 0 aliphatic heterocycles. The highest BCUT2D eigenvalue weighted by Gasteiger charge is 2.21. The van der Waals surface area contributed by atoms with Crippen LogP contribution in [-0.4, -0.2) is 23.6 Å².